The average molecular weight is 1370 g/mol. The van der Waals surface area contributed by atoms with Crippen LogP contribution in [-0.2, 0) is 31.6 Å². The molecule has 105 heavy (non-hydrogen) atoms. The Bertz CT molecular complexity index is 5440. The van der Waals surface area contributed by atoms with Gasteiger partial charge in [0, 0.05) is 140 Å². The molecule has 16 aromatic rings. The molecule has 2 aliphatic carbocycles. The molecule has 4 N–H and O–H groups in total. The van der Waals surface area contributed by atoms with Gasteiger partial charge in [-0.05, 0) is 237 Å². The van der Waals surface area contributed by atoms with E-state index >= 15 is 0 Å². The quantitative estimate of drug-likeness (QED) is 0.0358. The fourth-order valence-corrected chi connectivity index (χ4v) is 17.7. The van der Waals surface area contributed by atoms with Crippen LogP contribution in [0.25, 0.3) is 158 Å². The summed E-state index contributed by atoms with van der Waals surface area (Å²) < 4.78 is 9.67. The zero-order valence-electron chi connectivity index (χ0n) is 59.1. The van der Waals surface area contributed by atoms with Crippen LogP contribution >= 0.6 is 0 Å². The van der Waals surface area contributed by atoms with Crippen LogP contribution in [0.3, 0.4) is 0 Å². The molecule has 4 aromatic heterocycles. The molecule has 0 amide bonds. The van der Waals surface area contributed by atoms with E-state index < -0.39 is 5.41 Å². The standard InChI is InChI=1S/C97H84N4O4/c102-53-13-9-49-98-89-21-5-1-17-77(89)81-57-65(37-45-93(81)98)25-29-69-33-41-73-74-42-34-70(30-26-66-38-46-94-82(58-66)78-18-2-6-22-90(78)99(94)50-10-14-54-103)62-86(74)97(85(73)61-69)87-63-71(31-27-67-39-47-95-83(59-67)79-19-3-7-23-91(79)100(95)51-11-15-55-104)35-43-75(87)76-44-36-72(64-88(76)97)32-28-68-40-48-96-84(60-68)80-20-4-8-24-92(80)101(96)52-12-16-56-105/h1-8,17-48,57-64,102-105H,9-16,49-56H2/b29-25-,30-26+,31-27-,32-28+. The van der Waals surface area contributed by atoms with Gasteiger partial charge < -0.3 is 38.7 Å². The largest absolute Gasteiger partial charge is 0.396 e. The Balaban J connectivity index is 0.794. The van der Waals surface area contributed by atoms with Gasteiger partial charge in [-0.25, -0.2) is 0 Å². The Hall–Kier alpha value is -11.4. The summed E-state index contributed by atoms with van der Waals surface area (Å²) >= 11 is 0. The lowest BCUT2D eigenvalue weighted by Gasteiger charge is -2.31. The van der Waals surface area contributed by atoms with E-state index in [2.05, 4.69) is 310 Å². The molecule has 516 valence electrons. The zero-order valence-corrected chi connectivity index (χ0v) is 59.1. The zero-order chi connectivity index (χ0) is 70.5. The molecule has 8 nitrogen and oxygen atoms in total. The van der Waals surface area contributed by atoms with E-state index in [0.717, 1.165) is 122 Å². The maximum atomic E-state index is 9.72. The van der Waals surface area contributed by atoms with Gasteiger partial charge in [0.2, 0.25) is 0 Å². The molecule has 1 spiro atoms. The first kappa shape index (κ1) is 65.6. The number of aromatic nitrogens is 4. The predicted octanol–water partition coefficient (Wildman–Crippen LogP) is 22.2. The topological polar surface area (TPSA) is 101 Å². The lowest BCUT2D eigenvalue weighted by Crippen LogP contribution is -2.26. The molecule has 2 aliphatic rings. The second-order valence-corrected chi connectivity index (χ2v) is 28.8. The van der Waals surface area contributed by atoms with Crippen molar-refractivity contribution in [1.29, 1.82) is 0 Å². The Morgan fingerprint density at radius 2 is 0.410 bits per heavy atom. The van der Waals surface area contributed by atoms with Crippen LogP contribution in [0.15, 0.2) is 243 Å². The van der Waals surface area contributed by atoms with E-state index in [1.54, 1.807) is 0 Å². The third-order valence-electron chi connectivity index (χ3n) is 22.6. The number of nitrogens with zero attached hydrogens (tertiary/aromatic N) is 4. The summed E-state index contributed by atoms with van der Waals surface area (Å²) in [6.45, 7) is 4.17. The lowest BCUT2D eigenvalue weighted by atomic mass is 9.69. The number of aliphatic hydroxyl groups is 4. The minimum Gasteiger partial charge on any atom is -0.396 e. The number of hydrogen-bond acceptors (Lipinski definition) is 4. The van der Waals surface area contributed by atoms with Crippen molar-refractivity contribution in [2.75, 3.05) is 26.4 Å². The monoisotopic (exact) mass is 1370 g/mol. The van der Waals surface area contributed by atoms with Crippen molar-refractivity contribution in [3.63, 3.8) is 0 Å². The SMILES string of the molecule is OCCCCn1c2ccccc2c2cc(/C=C\c3ccc4c(c3)C3(c5cc(/C=C\c6ccc7c(c6)c6ccccc6n7CCCCO)ccc5-c5ccc(/C=C/c6ccc7c(c6)c6ccccc6n7CCCCO)cc53)c3cc(/C=C/c5ccc6c(c5)c5ccccc5n6CCCCO)ccc3-4)ccc21. The molecule has 0 saturated heterocycles. The molecule has 18 rings (SSSR count). The van der Waals surface area contributed by atoms with Gasteiger partial charge in [0.25, 0.3) is 0 Å². The van der Waals surface area contributed by atoms with Crippen LogP contribution < -0.4 is 0 Å². The van der Waals surface area contributed by atoms with E-state index in [1.165, 1.54) is 132 Å². The number of para-hydroxylation sites is 4. The molecular formula is C97H84N4O4. The van der Waals surface area contributed by atoms with E-state index in [0.29, 0.717) is 0 Å². The second kappa shape index (κ2) is 28.0. The first-order chi connectivity index (χ1) is 51.9. The molecule has 8 heteroatoms. The van der Waals surface area contributed by atoms with Crippen molar-refractivity contribution in [2.45, 2.75) is 83.0 Å². The Morgan fingerprint density at radius 3 is 0.638 bits per heavy atom. The Morgan fingerprint density at radius 1 is 0.210 bits per heavy atom. The summed E-state index contributed by atoms with van der Waals surface area (Å²) in [4.78, 5) is 0. The van der Waals surface area contributed by atoms with Crippen molar-refractivity contribution >= 4 is 136 Å². The molecule has 0 aliphatic heterocycles. The summed E-state index contributed by atoms with van der Waals surface area (Å²) in [6.07, 6.45) is 25.1. The van der Waals surface area contributed by atoms with Crippen molar-refractivity contribution < 1.29 is 20.4 Å². The van der Waals surface area contributed by atoms with Crippen molar-refractivity contribution in [3.05, 3.63) is 309 Å². The number of aliphatic hydroxyl groups excluding tert-OH is 4. The minimum absolute atomic E-state index is 0.192. The molecule has 0 unspecified atom stereocenters. The molecule has 4 heterocycles. The van der Waals surface area contributed by atoms with Crippen LogP contribution in [0.5, 0.6) is 0 Å². The third kappa shape index (κ3) is 11.6. The molecule has 0 saturated carbocycles. The van der Waals surface area contributed by atoms with Crippen molar-refractivity contribution in [2.24, 2.45) is 0 Å². The summed E-state index contributed by atoms with van der Waals surface area (Å²) in [5.41, 5.74) is 27.9. The molecule has 0 atom stereocenters. The van der Waals surface area contributed by atoms with Crippen LogP contribution in [0, 0.1) is 0 Å². The Kier molecular flexibility index (Phi) is 17.5. The highest BCUT2D eigenvalue weighted by Gasteiger charge is 2.52. The van der Waals surface area contributed by atoms with Gasteiger partial charge >= 0.3 is 0 Å². The van der Waals surface area contributed by atoms with Crippen LogP contribution in [0.1, 0.15) is 118 Å². The number of aryl methyl sites for hydroxylation is 4. The fourth-order valence-electron chi connectivity index (χ4n) is 17.7. The lowest BCUT2D eigenvalue weighted by molar-refractivity contribution is 0.281. The first-order valence-electron chi connectivity index (χ1n) is 37.7. The number of unbranched alkanes of at least 4 members (excludes halogenated alkanes) is 4. The summed E-state index contributed by atoms with van der Waals surface area (Å²) in [5, 5.41) is 48.8. The predicted molar refractivity (Wildman–Crippen MR) is 442 cm³/mol. The number of rotatable bonds is 24. The molecule has 0 bridgehead atoms. The van der Waals surface area contributed by atoms with E-state index in [4.69, 9.17) is 0 Å². The summed E-state index contributed by atoms with van der Waals surface area (Å²) in [6, 6.07) is 91.0. The maximum absolute atomic E-state index is 9.72. The molecular weight excluding hydrogens is 1290 g/mol. The number of benzene rings is 12. The van der Waals surface area contributed by atoms with Gasteiger partial charge in [-0.1, -0.05) is 194 Å². The maximum Gasteiger partial charge on any atom is 0.0726 e. The van der Waals surface area contributed by atoms with Gasteiger partial charge in [0.15, 0.2) is 0 Å². The molecule has 0 fully saturated rings. The van der Waals surface area contributed by atoms with E-state index in [-0.39, 0.29) is 26.4 Å². The molecule has 12 aromatic carbocycles. The minimum atomic E-state index is -0.738. The highest BCUT2D eigenvalue weighted by Crippen LogP contribution is 2.63. The van der Waals surface area contributed by atoms with E-state index in [9.17, 15) is 20.4 Å². The molecule has 0 radical (unpaired) electrons. The normalized spacial score (nSPS) is 13.3. The summed E-state index contributed by atoms with van der Waals surface area (Å²) in [7, 11) is 0. The van der Waals surface area contributed by atoms with Crippen LogP contribution in [0.2, 0.25) is 0 Å². The number of fused-ring (bicyclic) bond motifs is 22. The van der Waals surface area contributed by atoms with Crippen LogP contribution in [0.4, 0.5) is 0 Å². The highest BCUT2D eigenvalue weighted by atomic mass is 16.3. The van der Waals surface area contributed by atoms with Crippen molar-refractivity contribution in [3.8, 4) is 22.3 Å². The second-order valence-electron chi connectivity index (χ2n) is 28.8. The fraction of sp³-hybridized carbons (Fsp3) is 0.175. The Labute approximate surface area is 611 Å². The third-order valence-corrected chi connectivity index (χ3v) is 22.6. The van der Waals surface area contributed by atoms with Crippen molar-refractivity contribution in [1.82, 2.24) is 18.3 Å². The van der Waals surface area contributed by atoms with Gasteiger partial charge in [0.1, 0.15) is 0 Å². The van der Waals surface area contributed by atoms with Crippen LogP contribution in [-0.4, -0.2) is 65.1 Å². The number of hydrogen-bond donors (Lipinski definition) is 4. The highest BCUT2D eigenvalue weighted by molar-refractivity contribution is 6.12. The summed E-state index contributed by atoms with van der Waals surface area (Å²) in [5.74, 6) is 0. The van der Waals surface area contributed by atoms with Gasteiger partial charge in [-0.15, -0.1) is 0 Å². The van der Waals surface area contributed by atoms with Gasteiger partial charge in [0.05, 0.1) is 5.41 Å². The van der Waals surface area contributed by atoms with Gasteiger partial charge in [-0.3, -0.25) is 0 Å². The van der Waals surface area contributed by atoms with E-state index in [1.807, 2.05) is 0 Å². The first-order valence-corrected chi connectivity index (χ1v) is 37.7. The average Bonchev–Trinajstić information content (AvgIpc) is 1.50. The van der Waals surface area contributed by atoms with Gasteiger partial charge in [-0.2, -0.15) is 0 Å². The smallest absolute Gasteiger partial charge is 0.0726 e.